The molecule has 7 heteroatoms. The molecule has 0 spiro atoms. The maximum absolute atomic E-state index is 12.5. The van der Waals surface area contributed by atoms with Gasteiger partial charge in [0, 0.05) is 19.5 Å². The highest BCUT2D eigenvalue weighted by Gasteiger charge is 2.19. The van der Waals surface area contributed by atoms with Gasteiger partial charge in [0.05, 0.1) is 11.6 Å². The molecule has 0 bridgehead atoms. The summed E-state index contributed by atoms with van der Waals surface area (Å²) >= 11 is 0. The highest BCUT2D eigenvalue weighted by atomic mass is 16.5. The van der Waals surface area contributed by atoms with E-state index in [9.17, 15) is 4.79 Å². The maximum atomic E-state index is 12.5. The van der Waals surface area contributed by atoms with Gasteiger partial charge in [-0.25, -0.2) is 9.67 Å². The van der Waals surface area contributed by atoms with Gasteiger partial charge in [0.2, 0.25) is 11.8 Å². The Hall–Kier alpha value is -3.48. The summed E-state index contributed by atoms with van der Waals surface area (Å²) < 4.78 is 12.8. The molecule has 0 saturated heterocycles. The molecule has 7 nitrogen and oxygen atoms in total. The highest BCUT2D eigenvalue weighted by Crippen LogP contribution is 2.30. The Bertz CT molecular complexity index is 1180. The van der Waals surface area contributed by atoms with Gasteiger partial charge in [0.25, 0.3) is 0 Å². The number of oxazole rings is 1. The van der Waals surface area contributed by atoms with Crippen LogP contribution < -0.4 is 4.74 Å². The number of pyridine rings is 1. The van der Waals surface area contributed by atoms with E-state index in [1.807, 2.05) is 13.0 Å². The highest BCUT2D eigenvalue weighted by molar-refractivity contribution is 5.92. The second kappa shape index (κ2) is 8.10. The molecule has 0 aliphatic heterocycles. The van der Waals surface area contributed by atoms with Gasteiger partial charge in [-0.15, -0.1) is 0 Å². The van der Waals surface area contributed by atoms with Crippen molar-refractivity contribution in [3.63, 3.8) is 0 Å². The first-order valence-electron chi connectivity index (χ1n) is 9.87. The van der Waals surface area contributed by atoms with Gasteiger partial charge < -0.3 is 9.15 Å². The molecule has 0 N–H and O–H groups in total. The van der Waals surface area contributed by atoms with E-state index in [2.05, 4.69) is 53.2 Å². The molecule has 0 amide bonds. The molecule has 154 valence electrons. The Morgan fingerprint density at radius 3 is 2.70 bits per heavy atom. The summed E-state index contributed by atoms with van der Waals surface area (Å²) in [6.45, 7) is 6.04. The predicted molar refractivity (Wildman–Crippen MR) is 113 cm³/mol. The maximum Gasteiger partial charge on any atom is 0.247 e. The van der Waals surface area contributed by atoms with Crippen molar-refractivity contribution in [2.24, 2.45) is 7.05 Å². The van der Waals surface area contributed by atoms with Crippen LogP contribution in [0.15, 0.2) is 47.2 Å². The van der Waals surface area contributed by atoms with Gasteiger partial charge >= 0.3 is 0 Å². The van der Waals surface area contributed by atoms with Crippen LogP contribution in [-0.2, 0) is 11.8 Å². The van der Waals surface area contributed by atoms with Crippen molar-refractivity contribution in [2.45, 2.75) is 33.1 Å². The van der Waals surface area contributed by atoms with Crippen molar-refractivity contribution in [3.8, 4) is 17.5 Å². The molecule has 0 aliphatic carbocycles. The summed E-state index contributed by atoms with van der Waals surface area (Å²) in [4.78, 5) is 21.2. The van der Waals surface area contributed by atoms with Crippen molar-refractivity contribution < 1.29 is 13.9 Å². The van der Waals surface area contributed by atoms with Gasteiger partial charge in [-0.3, -0.25) is 4.79 Å². The first kappa shape index (κ1) is 19.8. The Balaban J connectivity index is 1.47. The fourth-order valence-electron chi connectivity index (χ4n) is 3.53. The van der Waals surface area contributed by atoms with E-state index in [0.29, 0.717) is 29.5 Å². The number of carbonyl (C=O) groups is 1. The van der Waals surface area contributed by atoms with E-state index in [1.54, 1.807) is 17.9 Å². The summed E-state index contributed by atoms with van der Waals surface area (Å²) in [5.74, 6) is 1.02. The number of fused-ring (bicyclic) bond motifs is 1. The average Bonchev–Trinajstić information content (AvgIpc) is 3.35. The molecule has 30 heavy (non-hydrogen) atoms. The normalized spacial score (nSPS) is 12.3. The van der Waals surface area contributed by atoms with Crippen LogP contribution in [0.25, 0.3) is 22.6 Å². The standard InChI is InChI=1S/C23H24N4O3/c1-14-5-7-17(8-6-14)15(2)11-18(28)13-30-19-12-16(3)20-21(23-24-9-10-29-23)26-27(4)22(20)25-19/h5-10,12,15H,11,13H2,1-4H3/t15-/m1/s1. The van der Waals surface area contributed by atoms with Crippen molar-refractivity contribution >= 4 is 16.8 Å². The van der Waals surface area contributed by atoms with Gasteiger partial charge in [-0.1, -0.05) is 36.8 Å². The molecular formula is C23H24N4O3. The Morgan fingerprint density at radius 1 is 1.23 bits per heavy atom. The monoisotopic (exact) mass is 404 g/mol. The topological polar surface area (TPSA) is 83.0 Å². The minimum absolute atomic E-state index is 0.0153. The van der Waals surface area contributed by atoms with Crippen LogP contribution in [0, 0.1) is 13.8 Å². The van der Waals surface area contributed by atoms with Crippen LogP contribution in [0.1, 0.15) is 36.0 Å². The molecule has 3 aromatic heterocycles. The Morgan fingerprint density at radius 2 is 2.00 bits per heavy atom. The second-order valence-electron chi connectivity index (χ2n) is 7.63. The second-order valence-corrected chi connectivity index (χ2v) is 7.63. The van der Waals surface area contributed by atoms with E-state index in [4.69, 9.17) is 9.15 Å². The molecular weight excluding hydrogens is 380 g/mol. The number of nitrogens with zero attached hydrogens (tertiary/aromatic N) is 4. The van der Waals surface area contributed by atoms with Gasteiger partial charge in [0.15, 0.2) is 17.1 Å². The fraction of sp³-hybridized carbons (Fsp3) is 0.304. The predicted octanol–water partition coefficient (Wildman–Crippen LogP) is 4.38. The van der Waals surface area contributed by atoms with Gasteiger partial charge in [-0.2, -0.15) is 10.1 Å². The lowest BCUT2D eigenvalue weighted by atomic mass is 9.95. The van der Waals surface area contributed by atoms with E-state index in [-0.39, 0.29) is 18.3 Å². The van der Waals surface area contributed by atoms with Gasteiger partial charge in [-0.05, 0) is 30.9 Å². The number of carbonyl (C=O) groups excluding carboxylic acids is 1. The third-order valence-electron chi connectivity index (χ3n) is 5.16. The molecule has 4 aromatic rings. The number of Topliss-reactive ketones (excluding diaryl/α,β-unsaturated/α-hetero) is 1. The molecule has 0 unspecified atom stereocenters. The number of rotatable bonds is 7. The zero-order valence-corrected chi connectivity index (χ0v) is 17.5. The summed E-state index contributed by atoms with van der Waals surface area (Å²) in [7, 11) is 1.80. The molecule has 4 rings (SSSR count). The minimum Gasteiger partial charge on any atom is -0.470 e. The van der Waals surface area contributed by atoms with Crippen molar-refractivity contribution in [1.82, 2.24) is 19.7 Å². The van der Waals surface area contributed by atoms with Gasteiger partial charge in [0.1, 0.15) is 12.9 Å². The van der Waals surface area contributed by atoms with E-state index in [0.717, 1.165) is 16.5 Å². The Labute approximate surface area is 174 Å². The number of hydrogen-bond acceptors (Lipinski definition) is 6. The SMILES string of the molecule is Cc1ccc([C@H](C)CC(=O)COc2cc(C)c3c(-c4ncco4)nn(C)c3n2)cc1. The van der Waals surface area contributed by atoms with Crippen LogP contribution >= 0.6 is 0 Å². The average molecular weight is 404 g/mol. The lowest BCUT2D eigenvalue weighted by Crippen LogP contribution is -2.14. The minimum atomic E-state index is -0.0153. The third-order valence-corrected chi connectivity index (χ3v) is 5.16. The lowest BCUT2D eigenvalue weighted by Gasteiger charge is -2.12. The zero-order valence-electron chi connectivity index (χ0n) is 17.5. The largest absolute Gasteiger partial charge is 0.470 e. The number of hydrogen-bond donors (Lipinski definition) is 0. The van der Waals surface area contributed by atoms with Crippen LogP contribution in [0.3, 0.4) is 0 Å². The van der Waals surface area contributed by atoms with Crippen molar-refractivity contribution in [2.75, 3.05) is 6.61 Å². The summed E-state index contributed by atoms with van der Waals surface area (Å²) in [6.07, 6.45) is 3.52. The van der Waals surface area contributed by atoms with Crippen LogP contribution in [0.2, 0.25) is 0 Å². The molecule has 0 fully saturated rings. The van der Waals surface area contributed by atoms with E-state index in [1.165, 1.54) is 11.8 Å². The molecule has 0 aliphatic rings. The quantitative estimate of drug-likeness (QED) is 0.454. The van der Waals surface area contributed by atoms with Crippen molar-refractivity contribution in [1.29, 1.82) is 0 Å². The van der Waals surface area contributed by atoms with Crippen LogP contribution in [-0.4, -0.2) is 32.1 Å². The number of ketones is 1. The van der Waals surface area contributed by atoms with Crippen molar-refractivity contribution in [3.05, 3.63) is 59.5 Å². The third kappa shape index (κ3) is 3.96. The lowest BCUT2D eigenvalue weighted by molar-refractivity contribution is -0.121. The molecule has 1 atom stereocenters. The van der Waals surface area contributed by atoms with Crippen LogP contribution in [0.5, 0.6) is 5.88 Å². The fourth-order valence-corrected chi connectivity index (χ4v) is 3.53. The van der Waals surface area contributed by atoms with Crippen LogP contribution in [0.4, 0.5) is 0 Å². The summed E-state index contributed by atoms with van der Waals surface area (Å²) in [6, 6.07) is 10.1. The molecule has 3 heterocycles. The Kier molecular flexibility index (Phi) is 5.35. The zero-order chi connectivity index (χ0) is 21.3. The molecule has 0 radical (unpaired) electrons. The number of benzene rings is 1. The number of ether oxygens (including phenoxy) is 1. The molecule has 0 saturated carbocycles. The summed E-state index contributed by atoms with van der Waals surface area (Å²) in [5, 5.41) is 5.34. The first-order chi connectivity index (χ1) is 14.4. The van der Waals surface area contributed by atoms with E-state index >= 15 is 0 Å². The number of aryl methyl sites for hydroxylation is 3. The van der Waals surface area contributed by atoms with E-state index < -0.39 is 0 Å². The first-order valence-corrected chi connectivity index (χ1v) is 9.87. The smallest absolute Gasteiger partial charge is 0.247 e. The number of aromatic nitrogens is 4. The summed E-state index contributed by atoms with van der Waals surface area (Å²) in [5.41, 5.74) is 4.57. The molecule has 1 aromatic carbocycles.